The van der Waals surface area contributed by atoms with Gasteiger partial charge in [-0.1, -0.05) is 11.6 Å². The molecule has 3 N–H and O–H groups in total. The Labute approximate surface area is 146 Å². The van der Waals surface area contributed by atoms with Gasteiger partial charge in [0.1, 0.15) is 11.6 Å². The van der Waals surface area contributed by atoms with Gasteiger partial charge in [0, 0.05) is 25.0 Å². The van der Waals surface area contributed by atoms with Crippen molar-refractivity contribution in [1.29, 1.82) is 5.26 Å². The highest BCUT2D eigenvalue weighted by molar-refractivity contribution is 6.31. The molecule has 25 heavy (non-hydrogen) atoms. The number of hydrogen-bond acceptors (Lipinski definition) is 4. The molecule has 2 amide bonds. The predicted octanol–water partition coefficient (Wildman–Crippen LogP) is 2.43. The lowest BCUT2D eigenvalue weighted by Crippen LogP contribution is -2.20. The summed E-state index contributed by atoms with van der Waals surface area (Å²) in [6.45, 7) is 0.807. The van der Waals surface area contributed by atoms with Gasteiger partial charge in [0.2, 0.25) is 6.41 Å². The summed E-state index contributed by atoms with van der Waals surface area (Å²) >= 11 is 5.49. The molecule has 0 unspecified atom stereocenters. The summed E-state index contributed by atoms with van der Waals surface area (Å²) in [6.07, 6.45) is -2.41. The maximum absolute atomic E-state index is 12.8. The van der Waals surface area contributed by atoms with Crippen LogP contribution >= 0.6 is 11.6 Å². The normalized spacial score (nSPS) is 11.4. The lowest BCUT2D eigenvalue weighted by Gasteiger charge is -2.11. The second kappa shape index (κ2) is 9.54. The van der Waals surface area contributed by atoms with Crippen molar-refractivity contribution in [3.8, 4) is 6.07 Å². The molecular weight excluding hydrogens is 361 g/mol. The molecule has 0 aliphatic rings. The monoisotopic (exact) mass is 374 g/mol. The maximum Gasteiger partial charge on any atom is 0.417 e. The van der Waals surface area contributed by atoms with Gasteiger partial charge in [-0.3, -0.25) is 9.59 Å². The number of halogens is 4. The van der Waals surface area contributed by atoms with Crippen molar-refractivity contribution in [1.82, 2.24) is 10.6 Å². The molecule has 0 aliphatic carbocycles. The lowest BCUT2D eigenvalue weighted by molar-refractivity contribution is -0.137. The van der Waals surface area contributed by atoms with Crippen LogP contribution in [0.15, 0.2) is 30.0 Å². The van der Waals surface area contributed by atoms with Crippen LogP contribution in [0.25, 0.3) is 0 Å². The number of benzene rings is 1. The Hall–Kier alpha value is -2.73. The Balaban J connectivity index is 2.73. The summed E-state index contributed by atoms with van der Waals surface area (Å²) in [5, 5.41) is 15.8. The van der Waals surface area contributed by atoms with E-state index in [-0.39, 0.29) is 11.3 Å². The van der Waals surface area contributed by atoms with Gasteiger partial charge in [-0.15, -0.1) is 0 Å². The number of carbonyl (C=O) groups excluding carboxylic acids is 2. The first kappa shape index (κ1) is 20.3. The summed E-state index contributed by atoms with van der Waals surface area (Å²) in [5.74, 6) is -0.864. The third-order valence-electron chi connectivity index (χ3n) is 2.87. The molecule has 0 heterocycles. The quantitative estimate of drug-likeness (QED) is 0.282. The van der Waals surface area contributed by atoms with E-state index < -0.39 is 22.7 Å². The average molecular weight is 375 g/mol. The Bertz CT molecular complexity index is 699. The van der Waals surface area contributed by atoms with Crippen molar-refractivity contribution < 1.29 is 22.8 Å². The number of nitrogens with one attached hydrogen (secondary N) is 3. The Kier molecular flexibility index (Phi) is 7.75. The number of carbonyl (C=O) groups is 2. The van der Waals surface area contributed by atoms with Crippen molar-refractivity contribution in [3.63, 3.8) is 0 Å². The van der Waals surface area contributed by atoms with Gasteiger partial charge in [0.15, 0.2) is 0 Å². The van der Waals surface area contributed by atoms with Crippen molar-refractivity contribution in [3.05, 3.63) is 40.6 Å². The molecule has 1 aromatic carbocycles. The Morgan fingerprint density at radius 3 is 2.56 bits per heavy atom. The van der Waals surface area contributed by atoms with E-state index in [0.29, 0.717) is 32.0 Å². The minimum atomic E-state index is -4.66. The van der Waals surface area contributed by atoms with Crippen LogP contribution in [0.2, 0.25) is 5.02 Å². The van der Waals surface area contributed by atoms with Crippen molar-refractivity contribution >= 4 is 29.6 Å². The number of alkyl halides is 3. The summed E-state index contributed by atoms with van der Waals surface area (Å²) < 4.78 is 38.4. The van der Waals surface area contributed by atoms with E-state index >= 15 is 0 Å². The predicted molar refractivity (Wildman–Crippen MR) is 85.5 cm³/mol. The molecule has 1 rings (SSSR count). The van der Waals surface area contributed by atoms with Crippen LogP contribution in [0.5, 0.6) is 0 Å². The standard InChI is InChI=1S/C15H14ClF3N4O2/c16-13-3-2-11(6-12(13)15(17,18)19)23-14(25)10(7-20)8-21-4-1-5-22-9-24/h2-3,6,8-9,21H,1,4-5H2,(H,22,24)(H,23,25)/b10-8-. The fourth-order valence-electron chi connectivity index (χ4n) is 1.69. The van der Waals surface area contributed by atoms with Crippen LogP contribution in [0.4, 0.5) is 18.9 Å². The first-order valence-electron chi connectivity index (χ1n) is 6.98. The number of amides is 2. The number of anilines is 1. The minimum absolute atomic E-state index is 0.141. The molecule has 134 valence electrons. The van der Waals surface area contributed by atoms with E-state index in [1.54, 1.807) is 6.07 Å². The zero-order valence-corrected chi connectivity index (χ0v) is 13.5. The van der Waals surface area contributed by atoms with Gasteiger partial charge in [-0.25, -0.2) is 0 Å². The van der Waals surface area contributed by atoms with E-state index in [9.17, 15) is 22.8 Å². The smallest absolute Gasteiger partial charge is 0.390 e. The third-order valence-corrected chi connectivity index (χ3v) is 3.20. The SMILES string of the molecule is N#C/C(=C/NCCCNC=O)C(=O)Nc1ccc(Cl)c(C(F)(F)F)c1. The van der Waals surface area contributed by atoms with E-state index in [2.05, 4.69) is 16.0 Å². The molecule has 0 atom stereocenters. The lowest BCUT2D eigenvalue weighted by atomic mass is 10.2. The highest BCUT2D eigenvalue weighted by atomic mass is 35.5. The fourth-order valence-corrected chi connectivity index (χ4v) is 1.92. The molecule has 0 aliphatic heterocycles. The first-order chi connectivity index (χ1) is 11.8. The van der Waals surface area contributed by atoms with Crippen molar-refractivity contribution in [2.75, 3.05) is 18.4 Å². The first-order valence-corrected chi connectivity index (χ1v) is 7.36. The van der Waals surface area contributed by atoms with Gasteiger partial charge in [0.05, 0.1) is 10.6 Å². The van der Waals surface area contributed by atoms with Gasteiger partial charge < -0.3 is 16.0 Å². The van der Waals surface area contributed by atoms with Crippen LogP contribution < -0.4 is 16.0 Å². The molecule has 6 nitrogen and oxygen atoms in total. The highest BCUT2D eigenvalue weighted by Crippen LogP contribution is 2.36. The van der Waals surface area contributed by atoms with Crippen LogP contribution in [-0.4, -0.2) is 25.4 Å². The van der Waals surface area contributed by atoms with Gasteiger partial charge in [-0.05, 0) is 24.6 Å². The van der Waals surface area contributed by atoms with Crippen LogP contribution in [0, 0.1) is 11.3 Å². The Morgan fingerprint density at radius 2 is 1.96 bits per heavy atom. The van der Waals surface area contributed by atoms with Crippen LogP contribution in [0.1, 0.15) is 12.0 Å². The molecule has 1 aromatic rings. The second-order valence-electron chi connectivity index (χ2n) is 4.70. The maximum atomic E-state index is 12.8. The molecule has 0 saturated carbocycles. The number of rotatable bonds is 8. The molecule has 0 aromatic heterocycles. The number of nitriles is 1. The van der Waals surface area contributed by atoms with Gasteiger partial charge in [-0.2, -0.15) is 18.4 Å². The molecule has 0 fully saturated rings. The van der Waals surface area contributed by atoms with E-state index in [4.69, 9.17) is 16.9 Å². The zero-order valence-electron chi connectivity index (χ0n) is 12.8. The number of nitrogens with zero attached hydrogens (tertiary/aromatic N) is 1. The molecule has 0 saturated heterocycles. The van der Waals surface area contributed by atoms with Crippen molar-refractivity contribution in [2.24, 2.45) is 0 Å². The molecule has 0 radical (unpaired) electrons. The van der Waals surface area contributed by atoms with E-state index in [1.807, 2.05) is 0 Å². The van der Waals surface area contributed by atoms with Crippen LogP contribution in [0.3, 0.4) is 0 Å². The summed E-state index contributed by atoms with van der Waals surface area (Å²) in [4.78, 5) is 22.0. The molecule has 0 bridgehead atoms. The second-order valence-corrected chi connectivity index (χ2v) is 5.10. The summed E-state index contributed by atoms with van der Waals surface area (Å²) in [7, 11) is 0. The fraction of sp³-hybridized carbons (Fsp3) is 0.267. The van der Waals surface area contributed by atoms with Gasteiger partial charge >= 0.3 is 6.18 Å². The summed E-state index contributed by atoms with van der Waals surface area (Å²) in [6, 6.07) is 4.54. The van der Waals surface area contributed by atoms with E-state index in [0.717, 1.165) is 12.3 Å². The highest BCUT2D eigenvalue weighted by Gasteiger charge is 2.33. The largest absolute Gasteiger partial charge is 0.417 e. The van der Waals surface area contributed by atoms with E-state index in [1.165, 1.54) is 6.07 Å². The zero-order chi connectivity index (χ0) is 18.9. The number of hydrogen-bond donors (Lipinski definition) is 3. The molecular formula is C15H14ClF3N4O2. The topological polar surface area (TPSA) is 94.0 Å². The Morgan fingerprint density at radius 1 is 1.28 bits per heavy atom. The minimum Gasteiger partial charge on any atom is -0.390 e. The molecule has 0 spiro atoms. The average Bonchev–Trinajstić information content (AvgIpc) is 2.55. The van der Waals surface area contributed by atoms with Crippen LogP contribution in [-0.2, 0) is 15.8 Å². The van der Waals surface area contributed by atoms with Crippen molar-refractivity contribution in [2.45, 2.75) is 12.6 Å². The van der Waals surface area contributed by atoms with Gasteiger partial charge in [0.25, 0.3) is 5.91 Å². The third kappa shape index (κ3) is 6.73. The molecule has 10 heteroatoms. The summed E-state index contributed by atoms with van der Waals surface area (Å²) in [5.41, 5.74) is -1.54.